The van der Waals surface area contributed by atoms with Crippen LogP contribution in [0.2, 0.25) is 0 Å². The van der Waals surface area contributed by atoms with Gasteiger partial charge in [0.25, 0.3) is 0 Å². The first-order valence-electron chi connectivity index (χ1n) is 10.2. The highest BCUT2D eigenvalue weighted by atomic mass is 32.2. The number of anilines is 1. The van der Waals surface area contributed by atoms with Crippen LogP contribution in [0.3, 0.4) is 0 Å². The maximum atomic E-state index is 11.5. The zero-order valence-corrected chi connectivity index (χ0v) is 19.5. The molecule has 0 saturated carbocycles. The molecule has 0 amide bonds. The van der Waals surface area contributed by atoms with Crippen molar-refractivity contribution in [3.8, 4) is 5.75 Å². The molecular weight excluding hydrogens is 396 g/mol. The molecule has 2 rings (SSSR count). The van der Waals surface area contributed by atoms with Crippen LogP contribution < -0.4 is 9.64 Å². The molecule has 30 heavy (non-hydrogen) atoms. The molecule has 2 atom stereocenters. The van der Waals surface area contributed by atoms with Gasteiger partial charge in [-0.05, 0) is 55.9 Å². The van der Waals surface area contributed by atoms with Gasteiger partial charge in [0.05, 0.1) is 11.8 Å². The van der Waals surface area contributed by atoms with Crippen LogP contribution in [0.1, 0.15) is 32.8 Å². The number of nitrogens with zero attached hydrogens (tertiary/aromatic N) is 2. The molecule has 0 aliphatic rings. The Morgan fingerprint density at radius 1 is 1.23 bits per heavy atom. The van der Waals surface area contributed by atoms with Gasteiger partial charge in [-0.1, -0.05) is 32.0 Å². The van der Waals surface area contributed by atoms with Crippen molar-refractivity contribution < 1.29 is 14.3 Å². The molecule has 0 radical (unpaired) electrons. The summed E-state index contributed by atoms with van der Waals surface area (Å²) in [7, 11) is 2.00. The first kappa shape index (κ1) is 25.7. The largest absolute Gasteiger partial charge is 0.492 e. The van der Waals surface area contributed by atoms with Crippen LogP contribution in [0.15, 0.2) is 48.7 Å². The second-order valence-electron chi connectivity index (χ2n) is 7.16. The van der Waals surface area contributed by atoms with Gasteiger partial charge < -0.3 is 14.4 Å². The van der Waals surface area contributed by atoms with E-state index in [1.54, 1.807) is 24.9 Å². The third kappa shape index (κ3) is 9.92. The van der Waals surface area contributed by atoms with Crippen molar-refractivity contribution in [2.75, 3.05) is 31.4 Å². The molecule has 5 nitrogen and oxygen atoms in total. The van der Waals surface area contributed by atoms with Gasteiger partial charge in [-0.2, -0.15) is 11.8 Å². The summed E-state index contributed by atoms with van der Waals surface area (Å²) in [6.07, 6.45) is 6.46. The van der Waals surface area contributed by atoms with Gasteiger partial charge in [0.2, 0.25) is 0 Å². The van der Waals surface area contributed by atoms with E-state index in [1.165, 1.54) is 0 Å². The molecule has 0 N–H and O–H groups in total. The molecule has 1 aromatic heterocycles. The smallest absolute Gasteiger partial charge is 0.143 e. The van der Waals surface area contributed by atoms with E-state index in [9.17, 15) is 9.59 Å². The summed E-state index contributed by atoms with van der Waals surface area (Å²) in [4.78, 5) is 27.6. The van der Waals surface area contributed by atoms with Gasteiger partial charge >= 0.3 is 0 Å². The van der Waals surface area contributed by atoms with Crippen molar-refractivity contribution in [1.29, 1.82) is 0 Å². The van der Waals surface area contributed by atoms with Crippen molar-refractivity contribution >= 4 is 29.6 Å². The first-order chi connectivity index (χ1) is 14.4. The lowest BCUT2D eigenvalue weighted by Crippen LogP contribution is -2.24. The Morgan fingerprint density at radius 2 is 1.93 bits per heavy atom. The van der Waals surface area contributed by atoms with Gasteiger partial charge in [-0.25, -0.2) is 4.98 Å². The zero-order chi connectivity index (χ0) is 22.4. The number of ketones is 1. The molecule has 0 aliphatic carbocycles. The quantitative estimate of drug-likeness (QED) is 0.482. The predicted molar refractivity (Wildman–Crippen MR) is 127 cm³/mol. The second-order valence-corrected chi connectivity index (χ2v) is 8.20. The van der Waals surface area contributed by atoms with Gasteiger partial charge in [0.15, 0.2) is 0 Å². The van der Waals surface area contributed by atoms with E-state index >= 15 is 0 Å². The number of hydrogen-bond acceptors (Lipinski definition) is 6. The lowest BCUT2D eigenvalue weighted by Gasteiger charge is -2.18. The molecule has 0 spiro atoms. The van der Waals surface area contributed by atoms with Crippen molar-refractivity contribution in [1.82, 2.24) is 4.98 Å². The number of aldehydes is 1. The number of Topliss-reactive ketones (excluding diaryl/α,β-unsaturated/α-hetero) is 1. The Balaban J connectivity index is 0.000000656. The van der Waals surface area contributed by atoms with Gasteiger partial charge in [-0.15, -0.1) is 0 Å². The number of thioether (sulfide) groups is 1. The van der Waals surface area contributed by atoms with Gasteiger partial charge in [-0.3, -0.25) is 4.79 Å². The Labute approximate surface area is 185 Å². The molecule has 0 saturated heterocycles. The number of hydrogen-bond donors (Lipinski definition) is 0. The summed E-state index contributed by atoms with van der Waals surface area (Å²) in [5.41, 5.74) is 1.16. The minimum atomic E-state index is 0.0313. The summed E-state index contributed by atoms with van der Waals surface area (Å²) in [6.45, 7) is 6.91. The van der Waals surface area contributed by atoms with E-state index in [4.69, 9.17) is 4.74 Å². The van der Waals surface area contributed by atoms with Crippen molar-refractivity contribution in [3.63, 3.8) is 0 Å². The number of likely N-dealkylation sites (N-methyl/N-ethyl adjacent to an activating group) is 1. The summed E-state index contributed by atoms with van der Waals surface area (Å²) in [6, 6.07) is 13.9. The standard InChI is InChI=1S/C19H24N2O2S.C5H10O/c1-15(22)18(24-3)14-16-7-9-17(10-8-16)23-13-12-21(2)19-6-4-5-11-20-19;1-3-5(2)4-6/h4-11,18H,12-14H2,1-3H3;4-5H,3H2,1-2H3. The number of pyridine rings is 1. The minimum Gasteiger partial charge on any atom is -0.492 e. The second kappa shape index (κ2) is 14.6. The van der Waals surface area contributed by atoms with Crippen LogP contribution in [0.5, 0.6) is 5.75 Å². The lowest BCUT2D eigenvalue weighted by atomic mass is 10.1. The van der Waals surface area contributed by atoms with Crippen molar-refractivity contribution in [3.05, 3.63) is 54.2 Å². The van der Waals surface area contributed by atoms with Crippen LogP contribution >= 0.6 is 11.8 Å². The molecular formula is C24H34N2O3S. The highest BCUT2D eigenvalue weighted by Gasteiger charge is 2.13. The van der Waals surface area contributed by atoms with Crippen LogP contribution in [0, 0.1) is 5.92 Å². The monoisotopic (exact) mass is 430 g/mol. The molecule has 2 unspecified atom stereocenters. The Kier molecular flexibility index (Phi) is 12.5. The normalized spacial score (nSPS) is 12.2. The van der Waals surface area contributed by atoms with Crippen LogP contribution in [0.4, 0.5) is 5.82 Å². The first-order valence-corrected chi connectivity index (χ1v) is 11.5. The van der Waals surface area contributed by atoms with Crippen LogP contribution in [-0.2, 0) is 16.0 Å². The third-order valence-electron chi connectivity index (χ3n) is 4.69. The van der Waals surface area contributed by atoms with E-state index in [2.05, 4.69) is 9.88 Å². The molecule has 1 heterocycles. The maximum Gasteiger partial charge on any atom is 0.143 e. The predicted octanol–water partition coefficient (Wildman–Crippen LogP) is 4.69. The Morgan fingerprint density at radius 3 is 2.40 bits per heavy atom. The zero-order valence-electron chi connectivity index (χ0n) is 18.7. The fourth-order valence-corrected chi connectivity index (χ4v) is 3.11. The average Bonchev–Trinajstić information content (AvgIpc) is 2.78. The fraction of sp³-hybridized carbons (Fsp3) is 0.458. The summed E-state index contributed by atoms with van der Waals surface area (Å²) < 4.78 is 5.79. The van der Waals surface area contributed by atoms with E-state index in [0.717, 1.165) is 42.8 Å². The molecule has 2 aromatic rings. The van der Waals surface area contributed by atoms with Gasteiger partial charge in [0.1, 0.15) is 30.2 Å². The average molecular weight is 431 g/mol. The molecule has 6 heteroatoms. The van der Waals surface area contributed by atoms with E-state index in [1.807, 2.05) is 69.6 Å². The Hall–Kier alpha value is -2.34. The maximum absolute atomic E-state index is 11.5. The summed E-state index contributed by atoms with van der Waals surface area (Å²) in [5.74, 6) is 2.26. The summed E-state index contributed by atoms with van der Waals surface area (Å²) in [5, 5.41) is 0.0313. The molecule has 0 fully saturated rings. The van der Waals surface area contributed by atoms with Crippen LogP contribution in [-0.4, -0.2) is 48.8 Å². The van der Waals surface area contributed by atoms with Gasteiger partial charge in [0, 0.05) is 19.2 Å². The fourth-order valence-electron chi connectivity index (χ4n) is 2.42. The number of aromatic nitrogens is 1. The number of ether oxygens (including phenoxy) is 1. The SMILES string of the molecule is CCC(C)C=O.CSC(Cc1ccc(OCCN(C)c2ccccn2)cc1)C(C)=O. The molecule has 1 aromatic carbocycles. The minimum absolute atomic E-state index is 0.0313. The molecule has 164 valence electrons. The lowest BCUT2D eigenvalue weighted by molar-refractivity contribution is -0.116. The van der Waals surface area contributed by atoms with Crippen molar-refractivity contribution in [2.45, 2.75) is 38.9 Å². The van der Waals surface area contributed by atoms with E-state index in [-0.39, 0.29) is 17.0 Å². The number of rotatable bonds is 11. The highest BCUT2D eigenvalue weighted by Crippen LogP contribution is 2.18. The topological polar surface area (TPSA) is 59.5 Å². The summed E-state index contributed by atoms with van der Waals surface area (Å²) >= 11 is 1.60. The van der Waals surface area contributed by atoms with E-state index < -0.39 is 0 Å². The number of benzene rings is 1. The molecule has 0 aliphatic heterocycles. The molecule has 0 bridgehead atoms. The number of carbonyl (C=O) groups is 2. The number of carbonyl (C=O) groups excluding carboxylic acids is 2. The Bertz CT molecular complexity index is 738. The van der Waals surface area contributed by atoms with Crippen LogP contribution in [0.25, 0.3) is 0 Å². The highest BCUT2D eigenvalue weighted by molar-refractivity contribution is 7.99. The van der Waals surface area contributed by atoms with Crippen molar-refractivity contribution in [2.24, 2.45) is 5.92 Å². The van der Waals surface area contributed by atoms with E-state index in [0.29, 0.717) is 6.61 Å². The third-order valence-corrected chi connectivity index (χ3v) is 5.76.